The van der Waals surface area contributed by atoms with E-state index >= 15 is 0 Å². The monoisotopic (exact) mass is 177 g/mol. The Balaban J connectivity index is 4.07. The van der Waals surface area contributed by atoms with Gasteiger partial charge in [0.1, 0.15) is 5.60 Å². The van der Waals surface area contributed by atoms with Crippen LogP contribution in [-0.2, 0) is 14.3 Å². The van der Waals surface area contributed by atoms with Crippen LogP contribution in [0.15, 0.2) is 0 Å². The minimum absolute atomic E-state index is 0.405. The third kappa shape index (κ3) is 3.49. The molecule has 0 saturated heterocycles. The summed E-state index contributed by atoms with van der Waals surface area (Å²) in [7, 11) is 0. The molecule has 0 aliphatic rings. The van der Waals surface area contributed by atoms with Crippen LogP contribution < -0.4 is 5.90 Å². The highest BCUT2D eigenvalue weighted by atomic mass is 16.7. The maximum atomic E-state index is 5.31. The second-order valence-electron chi connectivity index (χ2n) is 2.96. The molecule has 0 saturated carbocycles. The van der Waals surface area contributed by atoms with Crippen molar-refractivity contribution in [3.8, 4) is 0 Å². The lowest BCUT2D eigenvalue weighted by molar-refractivity contribution is -0.240. The molecule has 0 aromatic rings. The summed E-state index contributed by atoms with van der Waals surface area (Å²) in [5.41, 5.74) is -0.605. The van der Waals surface area contributed by atoms with Gasteiger partial charge >= 0.3 is 0 Å². The number of rotatable bonds is 6. The summed E-state index contributed by atoms with van der Waals surface area (Å²) in [5, 5.41) is 0. The summed E-state index contributed by atoms with van der Waals surface area (Å²) in [6.07, 6.45) is -0.405. The fraction of sp³-hybridized carbons (Fsp3) is 1.00. The molecule has 0 amide bonds. The Bertz CT molecular complexity index is 111. The first-order valence-corrected chi connectivity index (χ1v) is 4.19. The SMILES string of the molecule is CCOC(OCC)C(C)(C)ON. The zero-order chi connectivity index (χ0) is 9.61. The fourth-order valence-electron chi connectivity index (χ4n) is 0.808. The Morgan fingerprint density at radius 2 is 1.58 bits per heavy atom. The van der Waals surface area contributed by atoms with Crippen LogP contribution in [0.1, 0.15) is 27.7 Å². The van der Waals surface area contributed by atoms with E-state index in [-0.39, 0.29) is 0 Å². The molecule has 74 valence electrons. The summed E-state index contributed by atoms with van der Waals surface area (Å²) < 4.78 is 10.6. The molecule has 0 heterocycles. The van der Waals surface area contributed by atoms with Gasteiger partial charge in [0, 0.05) is 13.2 Å². The molecule has 0 atom stereocenters. The first kappa shape index (κ1) is 11.8. The molecule has 0 rings (SSSR count). The molecule has 12 heavy (non-hydrogen) atoms. The van der Waals surface area contributed by atoms with Crippen molar-refractivity contribution < 1.29 is 14.3 Å². The van der Waals surface area contributed by atoms with Gasteiger partial charge in [-0.3, -0.25) is 4.84 Å². The molecule has 0 aromatic carbocycles. The van der Waals surface area contributed by atoms with Crippen LogP contribution in [0.25, 0.3) is 0 Å². The summed E-state index contributed by atoms with van der Waals surface area (Å²) in [5.74, 6) is 5.11. The largest absolute Gasteiger partial charge is 0.350 e. The van der Waals surface area contributed by atoms with Crippen molar-refractivity contribution in [3.05, 3.63) is 0 Å². The third-order valence-electron chi connectivity index (χ3n) is 1.51. The van der Waals surface area contributed by atoms with Crippen molar-refractivity contribution >= 4 is 0 Å². The highest BCUT2D eigenvalue weighted by molar-refractivity contribution is 4.72. The lowest BCUT2D eigenvalue weighted by Gasteiger charge is -2.30. The maximum Gasteiger partial charge on any atom is 0.187 e. The van der Waals surface area contributed by atoms with Gasteiger partial charge in [-0.1, -0.05) is 0 Å². The predicted molar refractivity (Wildman–Crippen MR) is 46.4 cm³/mol. The predicted octanol–water partition coefficient (Wildman–Crippen LogP) is 1.05. The first-order valence-electron chi connectivity index (χ1n) is 4.19. The molecular formula is C8H19NO3. The third-order valence-corrected chi connectivity index (χ3v) is 1.51. The van der Waals surface area contributed by atoms with Crippen LogP contribution in [0.2, 0.25) is 0 Å². The van der Waals surface area contributed by atoms with Gasteiger partial charge in [-0.15, -0.1) is 0 Å². The van der Waals surface area contributed by atoms with Gasteiger partial charge in [0.05, 0.1) is 0 Å². The van der Waals surface area contributed by atoms with E-state index in [0.717, 1.165) is 0 Å². The van der Waals surface area contributed by atoms with Gasteiger partial charge in [-0.05, 0) is 27.7 Å². The number of nitrogens with two attached hydrogens (primary N) is 1. The summed E-state index contributed by atoms with van der Waals surface area (Å²) >= 11 is 0. The molecule has 0 bridgehead atoms. The minimum atomic E-state index is -0.605. The van der Waals surface area contributed by atoms with Gasteiger partial charge in [0.25, 0.3) is 0 Å². The molecule has 4 heteroatoms. The van der Waals surface area contributed by atoms with Gasteiger partial charge in [-0.25, -0.2) is 5.90 Å². The van der Waals surface area contributed by atoms with E-state index < -0.39 is 11.9 Å². The number of ether oxygens (including phenoxy) is 2. The molecule has 0 radical (unpaired) electrons. The zero-order valence-electron chi connectivity index (χ0n) is 8.29. The van der Waals surface area contributed by atoms with Crippen LogP contribution in [0.3, 0.4) is 0 Å². The lowest BCUT2D eigenvalue weighted by atomic mass is 10.1. The number of hydrogen-bond donors (Lipinski definition) is 1. The fourth-order valence-corrected chi connectivity index (χ4v) is 0.808. The minimum Gasteiger partial charge on any atom is -0.350 e. The molecule has 2 N–H and O–H groups in total. The Labute approximate surface area is 73.9 Å². The Kier molecular flexibility index (Phi) is 5.41. The Morgan fingerprint density at radius 3 is 1.83 bits per heavy atom. The molecule has 0 unspecified atom stereocenters. The Morgan fingerprint density at radius 1 is 1.17 bits per heavy atom. The van der Waals surface area contributed by atoms with Gasteiger partial charge in [0.15, 0.2) is 6.29 Å². The molecule has 0 fully saturated rings. The average molecular weight is 177 g/mol. The molecular weight excluding hydrogens is 158 g/mol. The van der Waals surface area contributed by atoms with Gasteiger partial charge in [0.2, 0.25) is 0 Å². The van der Waals surface area contributed by atoms with E-state index in [1.807, 2.05) is 27.7 Å². The Hall–Kier alpha value is -0.160. The molecule has 4 nitrogen and oxygen atoms in total. The van der Waals surface area contributed by atoms with E-state index in [2.05, 4.69) is 0 Å². The van der Waals surface area contributed by atoms with Crippen molar-refractivity contribution in [1.29, 1.82) is 0 Å². The maximum absolute atomic E-state index is 5.31. The van der Waals surface area contributed by atoms with Crippen molar-refractivity contribution in [2.75, 3.05) is 13.2 Å². The molecule has 0 aromatic heterocycles. The summed E-state index contributed by atoms with van der Waals surface area (Å²) in [6, 6.07) is 0. The smallest absolute Gasteiger partial charge is 0.187 e. The summed E-state index contributed by atoms with van der Waals surface area (Å²) in [4.78, 5) is 4.75. The van der Waals surface area contributed by atoms with Crippen LogP contribution in [0.5, 0.6) is 0 Å². The molecule has 0 spiro atoms. The van der Waals surface area contributed by atoms with Gasteiger partial charge < -0.3 is 9.47 Å². The van der Waals surface area contributed by atoms with Crippen LogP contribution >= 0.6 is 0 Å². The quantitative estimate of drug-likeness (QED) is 0.487. The first-order chi connectivity index (χ1) is 5.58. The van der Waals surface area contributed by atoms with Crippen molar-refractivity contribution in [2.24, 2.45) is 5.90 Å². The van der Waals surface area contributed by atoms with Crippen LogP contribution in [-0.4, -0.2) is 25.1 Å². The zero-order valence-corrected chi connectivity index (χ0v) is 8.29. The van der Waals surface area contributed by atoms with Crippen molar-refractivity contribution in [1.82, 2.24) is 0 Å². The van der Waals surface area contributed by atoms with Crippen molar-refractivity contribution in [3.63, 3.8) is 0 Å². The van der Waals surface area contributed by atoms with E-state index in [1.54, 1.807) is 0 Å². The molecule has 0 aliphatic heterocycles. The van der Waals surface area contributed by atoms with E-state index in [4.69, 9.17) is 20.2 Å². The highest BCUT2D eigenvalue weighted by Gasteiger charge is 2.31. The van der Waals surface area contributed by atoms with E-state index in [0.29, 0.717) is 13.2 Å². The second kappa shape index (κ2) is 5.48. The van der Waals surface area contributed by atoms with Crippen molar-refractivity contribution in [2.45, 2.75) is 39.6 Å². The average Bonchev–Trinajstić information content (AvgIpc) is 2.04. The van der Waals surface area contributed by atoms with Crippen LogP contribution in [0, 0.1) is 0 Å². The molecule has 0 aliphatic carbocycles. The normalized spacial score (nSPS) is 12.5. The standard InChI is InChI=1S/C8H19NO3/c1-5-10-7(11-6-2)8(3,4)12-9/h7H,5-6,9H2,1-4H3. The highest BCUT2D eigenvalue weighted by Crippen LogP contribution is 2.16. The second-order valence-corrected chi connectivity index (χ2v) is 2.96. The number of hydrogen-bond acceptors (Lipinski definition) is 4. The lowest BCUT2D eigenvalue weighted by Crippen LogP contribution is -2.44. The summed E-state index contributed by atoms with van der Waals surface area (Å²) in [6.45, 7) is 8.61. The topological polar surface area (TPSA) is 53.7 Å². The van der Waals surface area contributed by atoms with Crippen LogP contribution in [0.4, 0.5) is 0 Å². The van der Waals surface area contributed by atoms with Gasteiger partial charge in [-0.2, -0.15) is 0 Å². The van der Waals surface area contributed by atoms with E-state index in [9.17, 15) is 0 Å². The van der Waals surface area contributed by atoms with E-state index in [1.165, 1.54) is 0 Å².